The molecule has 4 heteroatoms. The molecule has 0 saturated carbocycles. The van der Waals surface area contributed by atoms with Gasteiger partial charge in [-0.25, -0.2) is 0 Å². The van der Waals surface area contributed by atoms with Crippen LogP contribution in [0.1, 0.15) is 5.56 Å². The van der Waals surface area contributed by atoms with Gasteiger partial charge in [-0.3, -0.25) is 0 Å². The second kappa shape index (κ2) is 5.57. The summed E-state index contributed by atoms with van der Waals surface area (Å²) in [7, 11) is 0. The first-order chi connectivity index (χ1) is 8.38. The van der Waals surface area contributed by atoms with E-state index in [-0.39, 0.29) is 12.4 Å². The zero-order valence-electron chi connectivity index (χ0n) is 9.85. The number of aromatic nitrogens is 1. The molecule has 3 rings (SSSR count). The lowest BCUT2D eigenvalue weighted by Crippen LogP contribution is -2.01. The van der Waals surface area contributed by atoms with Crippen molar-refractivity contribution < 1.29 is 0 Å². The number of halogens is 1. The van der Waals surface area contributed by atoms with E-state index in [9.17, 15) is 0 Å². The predicted octanol–water partition coefficient (Wildman–Crippen LogP) is 3.82. The van der Waals surface area contributed by atoms with Crippen molar-refractivity contribution in [1.82, 2.24) is 4.98 Å². The fourth-order valence-corrected chi connectivity index (χ4v) is 2.86. The van der Waals surface area contributed by atoms with Crippen LogP contribution in [0, 0.1) is 0 Å². The molecule has 0 fully saturated rings. The Balaban J connectivity index is 0.00000120. The molecule has 0 bridgehead atoms. The van der Waals surface area contributed by atoms with Crippen LogP contribution in [0.4, 0.5) is 0 Å². The zero-order valence-corrected chi connectivity index (χ0v) is 11.5. The van der Waals surface area contributed by atoms with Crippen molar-refractivity contribution in [2.24, 2.45) is 5.73 Å². The molecule has 0 aliphatic heterocycles. The molecule has 2 nitrogen and oxygen atoms in total. The molecule has 0 radical (unpaired) electrons. The number of hydrogen-bond acceptors (Lipinski definition) is 2. The van der Waals surface area contributed by atoms with Gasteiger partial charge in [-0.2, -0.15) is 0 Å². The number of H-pyrrole nitrogens is 1. The third-order valence-electron chi connectivity index (χ3n) is 2.99. The van der Waals surface area contributed by atoms with Crippen molar-refractivity contribution in [3.05, 3.63) is 47.5 Å². The number of benzene rings is 1. The van der Waals surface area contributed by atoms with E-state index in [0.717, 1.165) is 6.42 Å². The molecule has 3 N–H and O–H groups in total. The lowest BCUT2D eigenvalue weighted by Gasteiger charge is -2.00. The summed E-state index contributed by atoms with van der Waals surface area (Å²) in [6.45, 7) is 0.691. The fourth-order valence-electron chi connectivity index (χ4n) is 2.14. The first-order valence-corrected chi connectivity index (χ1v) is 6.60. The van der Waals surface area contributed by atoms with Gasteiger partial charge in [0.2, 0.25) is 0 Å². The van der Waals surface area contributed by atoms with Crippen molar-refractivity contribution >= 4 is 34.6 Å². The number of rotatable bonds is 3. The standard InChI is InChI=1S/C14H14N2S.ClH/c15-6-5-11-9-16-13-4-3-10(8-12(11)13)14-2-1-7-17-14;/h1-4,7-9,16H,5-6,15H2;1H. The Labute approximate surface area is 116 Å². The highest BCUT2D eigenvalue weighted by molar-refractivity contribution is 7.13. The normalized spacial score (nSPS) is 10.5. The highest BCUT2D eigenvalue weighted by Crippen LogP contribution is 2.29. The highest BCUT2D eigenvalue weighted by atomic mass is 35.5. The quantitative estimate of drug-likeness (QED) is 0.751. The molecule has 3 aromatic rings. The molecular weight excluding hydrogens is 264 g/mol. The van der Waals surface area contributed by atoms with E-state index in [1.54, 1.807) is 11.3 Å². The van der Waals surface area contributed by atoms with Gasteiger partial charge in [0.25, 0.3) is 0 Å². The molecule has 0 spiro atoms. The SMILES string of the molecule is Cl.NCCc1c[nH]c2ccc(-c3cccs3)cc12. The molecule has 1 aromatic carbocycles. The Morgan fingerprint density at radius 2 is 2.11 bits per heavy atom. The minimum Gasteiger partial charge on any atom is -0.361 e. The largest absolute Gasteiger partial charge is 0.361 e. The van der Waals surface area contributed by atoms with Crippen LogP contribution in [0.3, 0.4) is 0 Å². The lowest BCUT2D eigenvalue weighted by atomic mass is 10.1. The van der Waals surface area contributed by atoms with E-state index in [1.165, 1.54) is 26.9 Å². The number of thiophene rings is 1. The van der Waals surface area contributed by atoms with Crippen LogP contribution in [0.2, 0.25) is 0 Å². The van der Waals surface area contributed by atoms with Crippen molar-refractivity contribution in [3.8, 4) is 10.4 Å². The van der Waals surface area contributed by atoms with E-state index in [4.69, 9.17) is 5.73 Å². The van der Waals surface area contributed by atoms with Gasteiger partial charge in [-0.1, -0.05) is 12.1 Å². The van der Waals surface area contributed by atoms with Crippen LogP contribution in [0.25, 0.3) is 21.3 Å². The first kappa shape index (κ1) is 13.1. The highest BCUT2D eigenvalue weighted by Gasteiger charge is 2.05. The van der Waals surface area contributed by atoms with Crippen LogP contribution >= 0.6 is 23.7 Å². The summed E-state index contributed by atoms with van der Waals surface area (Å²) in [5.74, 6) is 0. The van der Waals surface area contributed by atoms with Crippen molar-refractivity contribution in [2.75, 3.05) is 6.54 Å². The number of nitrogens with one attached hydrogen (secondary N) is 1. The summed E-state index contributed by atoms with van der Waals surface area (Å²) in [4.78, 5) is 4.61. The summed E-state index contributed by atoms with van der Waals surface area (Å²) < 4.78 is 0. The second-order valence-electron chi connectivity index (χ2n) is 4.09. The molecule has 0 amide bonds. The van der Waals surface area contributed by atoms with E-state index in [1.807, 2.05) is 0 Å². The summed E-state index contributed by atoms with van der Waals surface area (Å²) in [6.07, 6.45) is 2.99. The van der Waals surface area contributed by atoms with Crippen molar-refractivity contribution in [2.45, 2.75) is 6.42 Å². The summed E-state index contributed by atoms with van der Waals surface area (Å²) >= 11 is 1.77. The Kier molecular flexibility index (Phi) is 4.07. The first-order valence-electron chi connectivity index (χ1n) is 5.72. The van der Waals surface area contributed by atoms with Gasteiger partial charge in [-0.15, -0.1) is 23.7 Å². The van der Waals surface area contributed by atoms with Gasteiger partial charge in [-0.05, 0) is 47.7 Å². The fraction of sp³-hybridized carbons (Fsp3) is 0.143. The average Bonchev–Trinajstić information content (AvgIpc) is 2.98. The molecule has 0 saturated heterocycles. The van der Waals surface area contributed by atoms with E-state index >= 15 is 0 Å². The van der Waals surface area contributed by atoms with Crippen molar-refractivity contribution in [1.29, 1.82) is 0 Å². The smallest absolute Gasteiger partial charge is 0.0457 e. The van der Waals surface area contributed by atoms with Crippen LogP contribution in [0.15, 0.2) is 41.9 Å². The van der Waals surface area contributed by atoms with E-state index in [2.05, 4.69) is 46.9 Å². The topological polar surface area (TPSA) is 41.8 Å². The summed E-state index contributed by atoms with van der Waals surface area (Å²) in [5.41, 5.74) is 9.41. The minimum atomic E-state index is 0. The molecule has 18 heavy (non-hydrogen) atoms. The number of aromatic amines is 1. The molecular formula is C14H15ClN2S. The average molecular weight is 279 g/mol. The Bertz CT molecular complexity index is 628. The monoisotopic (exact) mass is 278 g/mol. The maximum atomic E-state index is 5.63. The molecule has 0 unspecified atom stereocenters. The minimum absolute atomic E-state index is 0. The summed E-state index contributed by atoms with van der Waals surface area (Å²) in [5, 5.41) is 3.40. The third-order valence-corrected chi connectivity index (χ3v) is 3.91. The van der Waals surface area contributed by atoms with Crippen LogP contribution in [-0.4, -0.2) is 11.5 Å². The third kappa shape index (κ3) is 2.29. The zero-order chi connectivity index (χ0) is 11.7. The maximum Gasteiger partial charge on any atom is 0.0457 e. The van der Waals surface area contributed by atoms with Gasteiger partial charge in [0.05, 0.1) is 0 Å². The lowest BCUT2D eigenvalue weighted by molar-refractivity contribution is 0.976. The molecule has 0 aliphatic carbocycles. The molecule has 0 atom stereocenters. The van der Waals surface area contributed by atoms with Crippen molar-refractivity contribution in [3.63, 3.8) is 0 Å². The number of nitrogens with two attached hydrogens (primary N) is 1. The van der Waals surface area contributed by atoms with Crippen LogP contribution in [0.5, 0.6) is 0 Å². The van der Waals surface area contributed by atoms with E-state index < -0.39 is 0 Å². The molecule has 0 aliphatic rings. The van der Waals surface area contributed by atoms with E-state index in [0.29, 0.717) is 6.54 Å². The van der Waals surface area contributed by atoms with Gasteiger partial charge < -0.3 is 10.7 Å². The molecule has 94 valence electrons. The Hall–Kier alpha value is -1.29. The Morgan fingerprint density at radius 1 is 1.22 bits per heavy atom. The van der Waals surface area contributed by atoms with Gasteiger partial charge >= 0.3 is 0 Å². The van der Waals surface area contributed by atoms with Gasteiger partial charge in [0.1, 0.15) is 0 Å². The Morgan fingerprint density at radius 3 is 2.83 bits per heavy atom. The second-order valence-corrected chi connectivity index (χ2v) is 5.04. The number of fused-ring (bicyclic) bond motifs is 1. The maximum absolute atomic E-state index is 5.63. The molecule has 2 aromatic heterocycles. The van der Waals surface area contributed by atoms with Crippen LogP contribution < -0.4 is 5.73 Å². The summed E-state index contributed by atoms with van der Waals surface area (Å²) in [6, 6.07) is 10.8. The predicted molar refractivity (Wildman–Crippen MR) is 81.6 cm³/mol. The number of hydrogen-bond donors (Lipinski definition) is 2. The molecule has 2 heterocycles. The van der Waals surface area contributed by atoms with Gasteiger partial charge in [0.15, 0.2) is 0 Å². The van der Waals surface area contributed by atoms with Crippen LogP contribution in [-0.2, 0) is 6.42 Å². The van der Waals surface area contributed by atoms with Gasteiger partial charge in [0, 0.05) is 22.0 Å².